The van der Waals surface area contributed by atoms with Crippen LogP contribution in [0.1, 0.15) is 28.4 Å². The van der Waals surface area contributed by atoms with Gasteiger partial charge in [-0.3, -0.25) is 4.79 Å². The molecule has 0 aliphatic heterocycles. The van der Waals surface area contributed by atoms with Gasteiger partial charge >= 0.3 is 0 Å². The number of hydrogen-bond donors (Lipinski definition) is 3. The Morgan fingerprint density at radius 1 is 1.04 bits per heavy atom. The molecule has 0 saturated heterocycles. The van der Waals surface area contributed by atoms with Crippen molar-refractivity contribution in [3.63, 3.8) is 0 Å². The van der Waals surface area contributed by atoms with Gasteiger partial charge in [0.15, 0.2) is 5.96 Å². The van der Waals surface area contributed by atoms with E-state index in [0.717, 1.165) is 23.4 Å². The van der Waals surface area contributed by atoms with Crippen LogP contribution in [0.15, 0.2) is 53.5 Å². The van der Waals surface area contributed by atoms with Crippen molar-refractivity contribution in [2.45, 2.75) is 20.4 Å². The molecule has 0 atom stereocenters. The van der Waals surface area contributed by atoms with E-state index in [2.05, 4.69) is 20.9 Å². The molecule has 2 aromatic carbocycles. The maximum atomic E-state index is 12.1. The Kier molecular flexibility index (Phi) is 11.0. The predicted molar refractivity (Wildman–Crippen MR) is 125 cm³/mol. The first kappa shape index (κ1) is 23.7. The minimum atomic E-state index is -0.0727. The SMILES string of the molecule is CCNC(=NCc1ccccc1OC)NCCNC(=O)c1cccc(C)c1.I. The van der Waals surface area contributed by atoms with Gasteiger partial charge < -0.3 is 20.7 Å². The number of aliphatic imine (C=N–C) groups is 1. The van der Waals surface area contributed by atoms with E-state index in [1.807, 2.05) is 62.4 Å². The van der Waals surface area contributed by atoms with Crippen molar-refractivity contribution in [2.75, 3.05) is 26.7 Å². The van der Waals surface area contributed by atoms with Crippen LogP contribution in [0.3, 0.4) is 0 Å². The van der Waals surface area contributed by atoms with E-state index in [0.29, 0.717) is 31.2 Å². The molecule has 2 aromatic rings. The lowest BCUT2D eigenvalue weighted by Gasteiger charge is -2.13. The molecule has 0 radical (unpaired) electrons. The topological polar surface area (TPSA) is 74.8 Å². The lowest BCUT2D eigenvalue weighted by atomic mass is 10.1. The number of rotatable bonds is 8. The first-order chi connectivity index (χ1) is 13.1. The smallest absolute Gasteiger partial charge is 0.251 e. The molecule has 0 bridgehead atoms. The lowest BCUT2D eigenvalue weighted by Crippen LogP contribution is -2.41. The normalized spacial score (nSPS) is 10.6. The van der Waals surface area contributed by atoms with Gasteiger partial charge in [-0.15, -0.1) is 24.0 Å². The fourth-order valence-corrected chi connectivity index (χ4v) is 2.58. The van der Waals surface area contributed by atoms with Gasteiger partial charge in [-0.1, -0.05) is 35.9 Å². The van der Waals surface area contributed by atoms with Gasteiger partial charge in [0.05, 0.1) is 13.7 Å². The van der Waals surface area contributed by atoms with E-state index >= 15 is 0 Å². The maximum Gasteiger partial charge on any atom is 0.251 e. The van der Waals surface area contributed by atoms with Crippen LogP contribution in [0, 0.1) is 6.92 Å². The summed E-state index contributed by atoms with van der Waals surface area (Å²) in [5.74, 6) is 1.45. The van der Waals surface area contributed by atoms with Gasteiger partial charge in [0.2, 0.25) is 0 Å². The zero-order chi connectivity index (χ0) is 19.5. The Hall–Kier alpha value is -2.29. The van der Waals surface area contributed by atoms with Crippen molar-refractivity contribution in [3.05, 3.63) is 65.2 Å². The molecule has 0 spiro atoms. The summed E-state index contributed by atoms with van der Waals surface area (Å²) in [7, 11) is 1.66. The highest BCUT2D eigenvalue weighted by Gasteiger charge is 2.05. The number of para-hydroxylation sites is 1. The largest absolute Gasteiger partial charge is 0.496 e. The van der Waals surface area contributed by atoms with Crippen LogP contribution in [-0.4, -0.2) is 38.6 Å². The average Bonchev–Trinajstić information content (AvgIpc) is 2.69. The highest BCUT2D eigenvalue weighted by molar-refractivity contribution is 14.0. The Morgan fingerprint density at radius 2 is 1.79 bits per heavy atom. The summed E-state index contributed by atoms with van der Waals surface area (Å²) in [5, 5.41) is 9.34. The number of methoxy groups -OCH3 is 1. The van der Waals surface area contributed by atoms with Crippen molar-refractivity contribution >= 4 is 35.8 Å². The molecule has 0 aliphatic carbocycles. The summed E-state index contributed by atoms with van der Waals surface area (Å²) in [6.07, 6.45) is 0. The van der Waals surface area contributed by atoms with E-state index in [-0.39, 0.29) is 29.9 Å². The van der Waals surface area contributed by atoms with Crippen molar-refractivity contribution < 1.29 is 9.53 Å². The van der Waals surface area contributed by atoms with Crippen molar-refractivity contribution in [1.29, 1.82) is 0 Å². The second kappa shape index (κ2) is 13.0. The number of halogens is 1. The van der Waals surface area contributed by atoms with Gasteiger partial charge in [-0.25, -0.2) is 4.99 Å². The van der Waals surface area contributed by atoms with Crippen LogP contribution in [0.5, 0.6) is 5.75 Å². The van der Waals surface area contributed by atoms with Gasteiger partial charge in [0.1, 0.15) is 5.75 Å². The molecule has 0 heterocycles. The molecular weight excluding hydrogens is 467 g/mol. The van der Waals surface area contributed by atoms with Crippen LogP contribution >= 0.6 is 24.0 Å². The Bertz CT molecular complexity index is 781. The number of carbonyl (C=O) groups is 1. The number of nitrogens with zero attached hydrogens (tertiary/aromatic N) is 1. The molecule has 0 aromatic heterocycles. The summed E-state index contributed by atoms with van der Waals surface area (Å²) >= 11 is 0. The second-order valence-corrected chi connectivity index (χ2v) is 6.06. The monoisotopic (exact) mass is 496 g/mol. The summed E-state index contributed by atoms with van der Waals surface area (Å²) in [6, 6.07) is 15.4. The van der Waals surface area contributed by atoms with Crippen LogP contribution in [-0.2, 0) is 6.54 Å². The Labute approximate surface area is 184 Å². The molecule has 3 N–H and O–H groups in total. The van der Waals surface area contributed by atoms with Gasteiger partial charge in [0, 0.05) is 30.8 Å². The third-order valence-electron chi connectivity index (χ3n) is 3.93. The summed E-state index contributed by atoms with van der Waals surface area (Å²) in [5.41, 5.74) is 2.76. The van der Waals surface area contributed by atoms with Gasteiger partial charge in [-0.05, 0) is 32.0 Å². The minimum absolute atomic E-state index is 0. The predicted octanol–water partition coefficient (Wildman–Crippen LogP) is 3.11. The fourth-order valence-electron chi connectivity index (χ4n) is 2.58. The molecule has 152 valence electrons. The standard InChI is InChI=1S/C21H28N4O2.HI/c1-4-22-21(25-15-18-9-5-6-11-19(18)27-3)24-13-12-23-20(26)17-10-7-8-16(2)14-17;/h5-11,14H,4,12-13,15H2,1-3H3,(H,23,26)(H2,22,24,25);1H. The zero-order valence-corrected chi connectivity index (χ0v) is 18.9. The van der Waals surface area contributed by atoms with E-state index in [1.54, 1.807) is 7.11 Å². The second-order valence-electron chi connectivity index (χ2n) is 6.06. The molecule has 1 amide bonds. The molecular formula is C21H29IN4O2. The van der Waals surface area contributed by atoms with E-state index in [9.17, 15) is 4.79 Å². The molecule has 0 fully saturated rings. The number of carbonyl (C=O) groups excluding carboxylic acids is 1. The fraction of sp³-hybridized carbons (Fsp3) is 0.333. The van der Waals surface area contributed by atoms with Gasteiger partial charge in [-0.2, -0.15) is 0 Å². The van der Waals surface area contributed by atoms with E-state index in [1.165, 1.54) is 0 Å². The van der Waals surface area contributed by atoms with Crippen LogP contribution in [0.2, 0.25) is 0 Å². The minimum Gasteiger partial charge on any atom is -0.496 e. The van der Waals surface area contributed by atoms with Crippen LogP contribution in [0.4, 0.5) is 0 Å². The molecule has 6 nitrogen and oxygen atoms in total. The number of nitrogens with one attached hydrogen (secondary N) is 3. The number of benzene rings is 2. The first-order valence-corrected chi connectivity index (χ1v) is 9.13. The summed E-state index contributed by atoms with van der Waals surface area (Å²) < 4.78 is 5.36. The molecule has 28 heavy (non-hydrogen) atoms. The number of aryl methyl sites for hydroxylation is 1. The lowest BCUT2D eigenvalue weighted by molar-refractivity contribution is 0.0954. The van der Waals surface area contributed by atoms with E-state index in [4.69, 9.17) is 4.74 Å². The van der Waals surface area contributed by atoms with Crippen molar-refractivity contribution in [3.8, 4) is 5.75 Å². The quantitative estimate of drug-likeness (QED) is 0.227. The molecule has 0 unspecified atom stereocenters. The van der Waals surface area contributed by atoms with Crippen LogP contribution < -0.4 is 20.7 Å². The average molecular weight is 496 g/mol. The van der Waals surface area contributed by atoms with E-state index < -0.39 is 0 Å². The molecule has 0 saturated carbocycles. The molecule has 0 aliphatic rings. The number of amides is 1. The number of guanidine groups is 1. The third-order valence-corrected chi connectivity index (χ3v) is 3.93. The zero-order valence-electron chi connectivity index (χ0n) is 16.6. The Balaban J connectivity index is 0.00000392. The van der Waals surface area contributed by atoms with Crippen molar-refractivity contribution in [2.24, 2.45) is 4.99 Å². The third kappa shape index (κ3) is 7.75. The van der Waals surface area contributed by atoms with Crippen LogP contribution in [0.25, 0.3) is 0 Å². The Morgan fingerprint density at radius 3 is 2.50 bits per heavy atom. The maximum absolute atomic E-state index is 12.1. The first-order valence-electron chi connectivity index (χ1n) is 9.13. The highest BCUT2D eigenvalue weighted by Crippen LogP contribution is 2.17. The number of hydrogen-bond acceptors (Lipinski definition) is 3. The van der Waals surface area contributed by atoms with Crippen molar-refractivity contribution in [1.82, 2.24) is 16.0 Å². The highest BCUT2D eigenvalue weighted by atomic mass is 127. The molecule has 7 heteroatoms. The molecule has 2 rings (SSSR count). The number of ether oxygens (including phenoxy) is 1. The summed E-state index contributed by atoms with van der Waals surface area (Å²) in [6.45, 7) is 6.34. The van der Waals surface area contributed by atoms with Gasteiger partial charge in [0.25, 0.3) is 5.91 Å². The summed E-state index contributed by atoms with van der Waals surface area (Å²) in [4.78, 5) is 16.7.